The molecule has 0 N–H and O–H groups in total. The molecule has 9 aromatic rings. The number of benzene rings is 5. The zero-order valence-corrected chi connectivity index (χ0v) is 26.6. The van der Waals surface area contributed by atoms with Gasteiger partial charge in [0.15, 0.2) is 0 Å². The second-order valence-corrected chi connectivity index (χ2v) is 12.3. The zero-order chi connectivity index (χ0) is 32.2. The Morgan fingerprint density at radius 2 is 0.958 bits per heavy atom. The molecule has 5 aromatic carbocycles. The fourth-order valence-corrected chi connectivity index (χ4v) is 7.28. The predicted molar refractivity (Wildman–Crippen MR) is 199 cm³/mol. The standard InChI is InChI=1S/C44H30N4/c1-27-39-33-18-9-10-19-37(33)47-43(29-13-5-3-6-14-29)41(39)28(2)40-34-23-22-31(35-20-11-21-36(46-35)32-17-12-24-45-26-32)25-38(34)48-44(42(27)40)30-15-7-4-8-16-30/h3-26H,1-2H3. The lowest BCUT2D eigenvalue weighted by atomic mass is 9.86. The number of aryl methyl sites for hydroxylation is 2. The van der Waals surface area contributed by atoms with Crippen molar-refractivity contribution in [2.45, 2.75) is 13.8 Å². The minimum Gasteiger partial charge on any atom is -0.264 e. The minimum atomic E-state index is 0.892. The summed E-state index contributed by atoms with van der Waals surface area (Å²) >= 11 is 0. The summed E-state index contributed by atoms with van der Waals surface area (Å²) in [4.78, 5) is 20.1. The Morgan fingerprint density at radius 3 is 1.60 bits per heavy atom. The molecule has 0 unspecified atom stereocenters. The number of rotatable bonds is 4. The summed E-state index contributed by atoms with van der Waals surface area (Å²) < 4.78 is 0. The minimum absolute atomic E-state index is 0.892. The second-order valence-electron chi connectivity index (χ2n) is 12.3. The Labute approximate surface area is 278 Å². The molecule has 0 aliphatic carbocycles. The van der Waals surface area contributed by atoms with Gasteiger partial charge in [0.05, 0.1) is 33.8 Å². The van der Waals surface area contributed by atoms with E-state index in [1.165, 1.54) is 32.7 Å². The molecule has 0 amide bonds. The summed E-state index contributed by atoms with van der Waals surface area (Å²) in [6, 6.07) is 46.3. The maximum atomic E-state index is 5.46. The molecule has 9 rings (SSSR count). The lowest BCUT2D eigenvalue weighted by Gasteiger charge is -2.21. The number of aromatic nitrogens is 4. The molecule has 0 atom stereocenters. The van der Waals surface area contributed by atoms with Crippen molar-refractivity contribution in [3.05, 3.63) is 157 Å². The Hall–Kier alpha value is -6.26. The zero-order valence-electron chi connectivity index (χ0n) is 26.6. The van der Waals surface area contributed by atoms with Gasteiger partial charge in [0.1, 0.15) is 0 Å². The third kappa shape index (κ3) is 4.45. The summed E-state index contributed by atoms with van der Waals surface area (Å²) in [7, 11) is 0. The summed E-state index contributed by atoms with van der Waals surface area (Å²) in [5.41, 5.74) is 12.3. The summed E-state index contributed by atoms with van der Waals surface area (Å²) in [5.74, 6) is 0. The topological polar surface area (TPSA) is 51.6 Å². The Balaban J connectivity index is 1.40. The van der Waals surface area contributed by atoms with Crippen LogP contribution in [0.1, 0.15) is 11.1 Å². The van der Waals surface area contributed by atoms with Crippen LogP contribution in [0.15, 0.2) is 146 Å². The largest absolute Gasteiger partial charge is 0.264 e. The molecule has 0 aliphatic rings. The third-order valence-corrected chi connectivity index (χ3v) is 9.48. The van der Waals surface area contributed by atoms with E-state index in [9.17, 15) is 0 Å². The molecule has 4 heterocycles. The van der Waals surface area contributed by atoms with Gasteiger partial charge < -0.3 is 0 Å². The van der Waals surface area contributed by atoms with Gasteiger partial charge in [0, 0.05) is 56.2 Å². The van der Waals surface area contributed by atoms with Crippen molar-refractivity contribution in [2.24, 2.45) is 0 Å². The Kier molecular flexibility index (Phi) is 6.54. The van der Waals surface area contributed by atoms with E-state index >= 15 is 0 Å². The van der Waals surface area contributed by atoms with E-state index in [2.05, 4.69) is 134 Å². The van der Waals surface area contributed by atoms with Crippen molar-refractivity contribution in [3.8, 4) is 45.0 Å². The van der Waals surface area contributed by atoms with Crippen molar-refractivity contribution < 1.29 is 0 Å². The fourth-order valence-electron chi connectivity index (χ4n) is 7.28. The van der Waals surface area contributed by atoms with Crippen LogP contribution in [-0.2, 0) is 0 Å². The highest BCUT2D eigenvalue weighted by Gasteiger charge is 2.22. The summed E-state index contributed by atoms with van der Waals surface area (Å²) in [6.45, 7) is 4.52. The van der Waals surface area contributed by atoms with Gasteiger partial charge in [0.25, 0.3) is 0 Å². The van der Waals surface area contributed by atoms with Gasteiger partial charge in [-0.1, -0.05) is 97.1 Å². The number of hydrogen-bond acceptors (Lipinski definition) is 4. The van der Waals surface area contributed by atoms with E-state index in [1.807, 2.05) is 24.4 Å². The Bertz CT molecular complexity index is 2670. The number of pyridine rings is 4. The van der Waals surface area contributed by atoms with E-state index in [0.29, 0.717) is 0 Å². The number of para-hydroxylation sites is 1. The van der Waals surface area contributed by atoms with Crippen molar-refractivity contribution in [1.82, 2.24) is 19.9 Å². The molecule has 0 aliphatic heterocycles. The number of nitrogens with zero attached hydrogens (tertiary/aromatic N) is 4. The highest BCUT2D eigenvalue weighted by atomic mass is 14.7. The first-order valence-electron chi connectivity index (χ1n) is 16.2. The third-order valence-electron chi connectivity index (χ3n) is 9.48. The highest BCUT2D eigenvalue weighted by molar-refractivity contribution is 6.25. The monoisotopic (exact) mass is 614 g/mol. The van der Waals surface area contributed by atoms with Gasteiger partial charge >= 0.3 is 0 Å². The van der Waals surface area contributed by atoms with E-state index in [1.54, 1.807) is 6.20 Å². The van der Waals surface area contributed by atoms with Crippen LogP contribution in [0.2, 0.25) is 0 Å². The first kappa shape index (κ1) is 28.0. The van der Waals surface area contributed by atoms with Crippen LogP contribution >= 0.6 is 0 Å². The lowest BCUT2D eigenvalue weighted by Crippen LogP contribution is -1.99. The van der Waals surface area contributed by atoms with E-state index in [-0.39, 0.29) is 0 Å². The van der Waals surface area contributed by atoms with Crippen LogP contribution in [0.5, 0.6) is 0 Å². The van der Waals surface area contributed by atoms with Crippen molar-refractivity contribution >= 4 is 43.4 Å². The first-order chi connectivity index (χ1) is 23.7. The summed E-state index contributed by atoms with van der Waals surface area (Å²) in [5, 5.41) is 7.08. The van der Waals surface area contributed by atoms with Gasteiger partial charge in [0.2, 0.25) is 0 Å². The molecule has 0 saturated carbocycles. The molecular formula is C44H30N4. The van der Waals surface area contributed by atoms with Crippen molar-refractivity contribution in [2.75, 3.05) is 0 Å². The second kappa shape index (κ2) is 11.2. The Morgan fingerprint density at radius 1 is 0.396 bits per heavy atom. The molecule has 4 nitrogen and oxygen atoms in total. The van der Waals surface area contributed by atoms with Crippen LogP contribution in [0, 0.1) is 13.8 Å². The maximum absolute atomic E-state index is 5.46. The predicted octanol–water partition coefficient (Wildman–Crippen LogP) is 11.2. The molecule has 226 valence electrons. The lowest BCUT2D eigenvalue weighted by molar-refractivity contribution is 1.28. The van der Waals surface area contributed by atoms with Crippen LogP contribution < -0.4 is 0 Å². The van der Waals surface area contributed by atoms with Crippen LogP contribution in [0.4, 0.5) is 0 Å². The highest BCUT2D eigenvalue weighted by Crippen LogP contribution is 2.45. The molecule has 0 bridgehead atoms. The molecule has 4 aromatic heterocycles. The molecule has 0 radical (unpaired) electrons. The van der Waals surface area contributed by atoms with Gasteiger partial charge in [-0.05, 0) is 72.1 Å². The molecular weight excluding hydrogens is 585 g/mol. The smallest absolute Gasteiger partial charge is 0.0791 e. The normalized spacial score (nSPS) is 11.5. The average molecular weight is 615 g/mol. The van der Waals surface area contributed by atoms with E-state index in [4.69, 9.17) is 15.0 Å². The van der Waals surface area contributed by atoms with Gasteiger partial charge in [-0.2, -0.15) is 0 Å². The van der Waals surface area contributed by atoms with Crippen LogP contribution in [0.25, 0.3) is 88.4 Å². The molecule has 48 heavy (non-hydrogen) atoms. The summed E-state index contributed by atoms with van der Waals surface area (Å²) in [6.07, 6.45) is 3.63. The fraction of sp³-hybridized carbons (Fsp3) is 0.0455. The number of hydrogen-bond donors (Lipinski definition) is 0. The van der Waals surface area contributed by atoms with Crippen molar-refractivity contribution in [1.29, 1.82) is 0 Å². The molecule has 0 fully saturated rings. The van der Waals surface area contributed by atoms with Gasteiger partial charge in [-0.15, -0.1) is 0 Å². The molecule has 4 heteroatoms. The van der Waals surface area contributed by atoms with E-state index in [0.717, 1.165) is 66.8 Å². The molecule has 0 saturated heterocycles. The van der Waals surface area contributed by atoms with Gasteiger partial charge in [-0.3, -0.25) is 4.98 Å². The first-order valence-corrected chi connectivity index (χ1v) is 16.2. The maximum Gasteiger partial charge on any atom is 0.0791 e. The van der Waals surface area contributed by atoms with E-state index < -0.39 is 0 Å². The quantitative estimate of drug-likeness (QED) is 0.146. The average Bonchev–Trinajstić information content (AvgIpc) is 3.16. The SMILES string of the molecule is Cc1c2c(-c3ccccc3)nc3cc(-c4cccc(-c5cccnc5)n4)ccc3c2c(C)c2c(-c3ccccc3)nc3ccccc3c12. The van der Waals surface area contributed by atoms with Gasteiger partial charge in [-0.25, -0.2) is 15.0 Å². The number of fused-ring (bicyclic) bond motifs is 6. The van der Waals surface area contributed by atoms with Crippen molar-refractivity contribution in [3.63, 3.8) is 0 Å². The van der Waals surface area contributed by atoms with Crippen LogP contribution in [0.3, 0.4) is 0 Å². The molecule has 0 spiro atoms. The van der Waals surface area contributed by atoms with Crippen LogP contribution in [-0.4, -0.2) is 19.9 Å².